The zero-order chi connectivity index (χ0) is 12.1. The molecule has 0 atom stereocenters. The third-order valence-electron chi connectivity index (χ3n) is 1.90. The number of hydroxylamine groups is 1. The second kappa shape index (κ2) is 5.27. The van der Waals surface area contributed by atoms with Crippen LogP contribution in [0, 0.1) is 0 Å². The Morgan fingerprint density at radius 2 is 2.12 bits per heavy atom. The lowest BCUT2D eigenvalue weighted by atomic mass is 10.3. The average Bonchev–Trinajstić information content (AvgIpc) is 2.38. The number of amides is 1. The Morgan fingerprint density at radius 3 is 2.82 bits per heavy atom. The van der Waals surface area contributed by atoms with Gasteiger partial charge in [0.1, 0.15) is 12.0 Å². The van der Waals surface area contributed by atoms with Crippen LogP contribution < -0.4 is 10.3 Å². The van der Waals surface area contributed by atoms with E-state index in [-0.39, 0.29) is 5.69 Å². The van der Waals surface area contributed by atoms with Crippen molar-refractivity contribution in [2.75, 3.05) is 0 Å². The van der Waals surface area contributed by atoms with Gasteiger partial charge in [-0.15, -0.1) is 0 Å². The summed E-state index contributed by atoms with van der Waals surface area (Å²) in [4.78, 5) is 24.1. The summed E-state index contributed by atoms with van der Waals surface area (Å²) >= 11 is 5.85. The first kappa shape index (κ1) is 11.3. The van der Waals surface area contributed by atoms with Crippen LogP contribution in [-0.2, 0) is 0 Å². The molecule has 17 heavy (non-hydrogen) atoms. The zero-order valence-corrected chi connectivity index (χ0v) is 9.39. The van der Waals surface area contributed by atoms with Crippen molar-refractivity contribution in [2.45, 2.75) is 0 Å². The zero-order valence-electron chi connectivity index (χ0n) is 8.63. The summed E-state index contributed by atoms with van der Waals surface area (Å²) < 4.78 is 0. The Hall–Kier alpha value is -2.14. The second-order valence-corrected chi connectivity index (χ2v) is 3.47. The molecule has 0 bridgehead atoms. The van der Waals surface area contributed by atoms with E-state index >= 15 is 0 Å². The van der Waals surface area contributed by atoms with Crippen LogP contribution in [0.25, 0.3) is 0 Å². The third-order valence-corrected chi connectivity index (χ3v) is 2.22. The molecule has 2 rings (SSSR count). The minimum atomic E-state index is -0.465. The van der Waals surface area contributed by atoms with E-state index in [0.29, 0.717) is 10.8 Å². The van der Waals surface area contributed by atoms with Crippen LogP contribution in [0.3, 0.4) is 0 Å². The molecule has 0 spiro atoms. The minimum Gasteiger partial charge on any atom is -0.378 e. The first-order valence-electron chi connectivity index (χ1n) is 4.75. The molecule has 0 unspecified atom stereocenters. The van der Waals surface area contributed by atoms with Gasteiger partial charge in [-0.05, 0) is 18.2 Å². The SMILES string of the molecule is O=C(NOc1ccccc1Cl)c1ccncn1. The molecule has 1 heterocycles. The van der Waals surface area contributed by atoms with Gasteiger partial charge in [-0.3, -0.25) is 4.79 Å². The number of carbonyl (C=O) groups excluding carboxylic acids is 1. The summed E-state index contributed by atoms with van der Waals surface area (Å²) in [5.74, 6) is -0.0936. The highest BCUT2D eigenvalue weighted by Gasteiger charge is 2.08. The van der Waals surface area contributed by atoms with Crippen molar-refractivity contribution in [1.29, 1.82) is 0 Å². The Bertz CT molecular complexity index is 519. The molecule has 2 aromatic rings. The summed E-state index contributed by atoms with van der Waals surface area (Å²) in [5, 5.41) is 0.412. The van der Waals surface area contributed by atoms with Crippen molar-refractivity contribution in [3.8, 4) is 5.75 Å². The topological polar surface area (TPSA) is 64.1 Å². The molecule has 1 N–H and O–H groups in total. The Balaban J connectivity index is 2.00. The van der Waals surface area contributed by atoms with Gasteiger partial charge in [0.05, 0.1) is 5.02 Å². The molecule has 0 saturated heterocycles. The maximum Gasteiger partial charge on any atom is 0.302 e. The van der Waals surface area contributed by atoms with Crippen molar-refractivity contribution in [3.05, 3.63) is 53.6 Å². The molecular formula is C11H8ClN3O2. The highest BCUT2D eigenvalue weighted by atomic mass is 35.5. The standard InChI is InChI=1S/C11H8ClN3O2/c12-8-3-1-2-4-10(8)17-15-11(16)9-5-6-13-7-14-9/h1-7H,(H,15,16). The summed E-state index contributed by atoms with van der Waals surface area (Å²) in [7, 11) is 0. The molecule has 6 heteroatoms. The molecule has 0 radical (unpaired) electrons. The van der Waals surface area contributed by atoms with Crippen LogP contribution in [0.1, 0.15) is 10.5 Å². The maximum atomic E-state index is 11.6. The maximum absolute atomic E-state index is 11.6. The molecule has 0 aliphatic heterocycles. The summed E-state index contributed by atoms with van der Waals surface area (Å²) in [5.41, 5.74) is 2.46. The number of halogens is 1. The third kappa shape index (κ3) is 2.92. The van der Waals surface area contributed by atoms with Crippen molar-refractivity contribution < 1.29 is 9.63 Å². The lowest BCUT2D eigenvalue weighted by molar-refractivity contribution is 0.0754. The van der Waals surface area contributed by atoms with Crippen LogP contribution in [0.2, 0.25) is 5.02 Å². The van der Waals surface area contributed by atoms with Crippen LogP contribution in [-0.4, -0.2) is 15.9 Å². The molecule has 0 saturated carbocycles. The number of carbonyl (C=O) groups is 1. The number of nitrogens with zero attached hydrogens (tertiary/aromatic N) is 2. The average molecular weight is 250 g/mol. The number of rotatable bonds is 3. The van der Waals surface area contributed by atoms with Gasteiger partial charge in [0.15, 0.2) is 5.75 Å². The van der Waals surface area contributed by atoms with Crippen LogP contribution >= 0.6 is 11.6 Å². The van der Waals surface area contributed by atoms with Gasteiger partial charge >= 0.3 is 5.91 Å². The van der Waals surface area contributed by atoms with E-state index in [2.05, 4.69) is 15.4 Å². The minimum absolute atomic E-state index is 0.215. The normalized spacial score (nSPS) is 9.71. The van der Waals surface area contributed by atoms with Crippen LogP contribution in [0.5, 0.6) is 5.75 Å². The quantitative estimate of drug-likeness (QED) is 0.844. The fraction of sp³-hybridized carbons (Fsp3) is 0. The fourth-order valence-electron chi connectivity index (χ4n) is 1.11. The Kier molecular flexibility index (Phi) is 3.52. The monoisotopic (exact) mass is 249 g/mol. The van der Waals surface area contributed by atoms with Gasteiger partial charge in [-0.25, -0.2) is 9.97 Å². The van der Waals surface area contributed by atoms with E-state index in [1.165, 1.54) is 18.6 Å². The number of hydrogen-bond donors (Lipinski definition) is 1. The molecule has 0 fully saturated rings. The lowest BCUT2D eigenvalue weighted by Gasteiger charge is -2.07. The van der Waals surface area contributed by atoms with Gasteiger partial charge in [-0.1, -0.05) is 23.7 Å². The number of hydrogen-bond acceptors (Lipinski definition) is 4. The van der Waals surface area contributed by atoms with Gasteiger partial charge in [0.2, 0.25) is 0 Å². The summed E-state index contributed by atoms with van der Waals surface area (Å²) in [6, 6.07) is 8.29. The first-order chi connectivity index (χ1) is 8.27. The molecule has 0 aliphatic rings. The molecule has 1 aromatic heterocycles. The van der Waals surface area contributed by atoms with Crippen molar-refractivity contribution in [3.63, 3.8) is 0 Å². The number of nitrogens with one attached hydrogen (secondary N) is 1. The summed E-state index contributed by atoms with van der Waals surface area (Å²) in [6.07, 6.45) is 2.75. The largest absolute Gasteiger partial charge is 0.378 e. The van der Waals surface area contributed by atoms with E-state index in [9.17, 15) is 4.79 Å². The van der Waals surface area contributed by atoms with E-state index in [1.807, 2.05) is 0 Å². The van der Waals surface area contributed by atoms with E-state index in [4.69, 9.17) is 16.4 Å². The Labute approximate surface area is 102 Å². The van der Waals surface area contributed by atoms with Crippen molar-refractivity contribution in [1.82, 2.24) is 15.4 Å². The number of aromatic nitrogens is 2. The van der Waals surface area contributed by atoms with E-state index in [1.54, 1.807) is 24.3 Å². The second-order valence-electron chi connectivity index (χ2n) is 3.06. The van der Waals surface area contributed by atoms with Gasteiger partial charge in [-0.2, -0.15) is 5.48 Å². The van der Waals surface area contributed by atoms with Gasteiger partial charge in [0.25, 0.3) is 0 Å². The Morgan fingerprint density at radius 1 is 1.29 bits per heavy atom. The fourth-order valence-corrected chi connectivity index (χ4v) is 1.28. The molecule has 0 aliphatic carbocycles. The highest BCUT2D eigenvalue weighted by molar-refractivity contribution is 6.32. The van der Waals surface area contributed by atoms with Crippen molar-refractivity contribution >= 4 is 17.5 Å². The lowest BCUT2D eigenvalue weighted by Crippen LogP contribution is -2.27. The molecule has 86 valence electrons. The highest BCUT2D eigenvalue weighted by Crippen LogP contribution is 2.22. The number of benzene rings is 1. The van der Waals surface area contributed by atoms with Crippen LogP contribution in [0.4, 0.5) is 0 Å². The molecular weight excluding hydrogens is 242 g/mol. The molecule has 5 nitrogen and oxygen atoms in total. The van der Waals surface area contributed by atoms with Gasteiger partial charge in [0, 0.05) is 6.20 Å². The summed E-state index contributed by atoms with van der Waals surface area (Å²) in [6.45, 7) is 0. The van der Waals surface area contributed by atoms with Crippen molar-refractivity contribution in [2.24, 2.45) is 0 Å². The molecule has 1 amide bonds. The van der Waals surface area contributed by atoms with Crippen LogP contribution in [0.15, 0.2) is 42.9 Å². The molecule has 1 aromatic carbocycles. The van der Waals surface area contributed by atoms with Gasteiger partial charge < -0.3 is 4.84 Å². The predicted octanol–water partition coefficient (Wildman–Crippen LogP) is 1.85. The first-order valence-corrected chi connectivity index (χ1v) is 5.13. The predicted molar refractivity (Wildman–Crippen MR) is 61.6 cm³/mol. The van der Waals surface area contributed by atoms with E-state index in [0.717, 1.165) is 0 Å². The smallest absolute Gasteiger partial charge is 0.302 e. The van der Waals surface area contributed by atoms with E-state index < -0.39 is 5.91 Å². The number of para-hydroxylation sites is 1.